The van der Waals surface area contributed by atoms with Crippen LogP contribution in [0.4, 0.5) is 0 Å². The van der Waals surface area contributed by atoms with Crippen molar-refractivity contribution in [2.24, 2.45) is 0 Å². The van der Waals surface area contributed by atoms with Gasteiger partial charge in [-0.3, -0.25) is 14.8 Å². The molecule has 3 aromatic rings. The van der Waals surface area contributed by atoms with Crippen LogP contribution >= 0.6 is 0 Å². The normalized spacial score (nSPS) is 11.3. The largest absolute Gasteiger partial charge is 0.456 e. The highest BCUT2D eigenvalue weighted by atomic mass is 16.5. The van der Waals surface area contributed by atoms with E-state index in [9.17, 15) is 9.59 Å². The fourth-order valence-corrected chi connectivity index (χ4v) is 2.24. The first kappa shape index (κ1) is 18.3. The SMILES string of the molecule is CNC(=O)c1cc(Oc2ccc(-n3nc(C(C)(C)C)[nH]c3=O)nc2)ccn1. The Morgan fingerprint density at radius 1 is 1.19 bits per heavy atom. The lowest BCUT2D eigenvalue weighted by Gasteiger charge is -2.12. The van der Waals surface area contributed by atoms with E-state index in [1.54, 1.807) is 18.2 Å². The highest BCUT2D eigenvalue weighted by molar-refractivity contribution is 5.92. The molecule has 9 heteroatoms. The monoisotopic (exact) mass is 368 g/mol. The predicted octanol–water partition coefficient (Wildman–Crippen LogP) is 1.80. The van der Waals surface area contributed by atoms with Crippen molar-refractivity contribution in [3.63, 3.8) is 0 Å². The molecule has 0 aliphatic heterocycles. The lowest BCUT2D eigenvalue weighted by molar-refractivity contribution is 0.0958. The van der Waals surface area contributed by atoms with Crippen LogP contribution in [0, 0.1) is 0 Å². The summed E-state index contributed by atoms with van der Waals surface area (Å²) in [6.07, 6.45) is 2.96. The number of aromatic amines is 1. The van der Waals surface area contributed by atoms with Crippen molar-refractivity contribution in [3.8, 4) is 17.3 Å². The second-order valence-electron chi connectivity index (χ2n) is 6.85. The third-order valence-corrected chi connectivity index (χ3v) is 3.69. The first-order chi connectivity index (χ1) is 12.8. The first-order valence-corrected chi connectivity index (χ1v) is 8.30. The summed E-state index contributed by atoms with van der Waals surface area (Å²) < 4.78 is 6.90. The topological polar surface area (TPSA) is 115 Å². The highest BCUT2D eigenvalue weighted by Crippen LogP contribution is 2.21. The zero-order chi connectivity index (χ0) is 19.6. The third-order valence-electron chi connectivity index (χ3n) is 3.69. The summed E-state index contributed by atoms with van der Waals surface area (Å²) in [6, 6.07) is 6.46. The van der Waals surface area contributed by atoms with Gasteiger partial charge in [-0.2, -0.15) is 4.68 Å². The number of ether oxygens (including phenoxy) is 1. The number of amides is 1. The van der Waals surface area contributed by atoms with Crippen LogP contribution in [-0.2, 0) is 5.41 Å². The Morgan fingerprint density at radius 2 is 1.96 bits per heavy atom. The molecule has 0 bridgehead atoms. The number of rotatable bonds is 4. The van der Waals surface area contributed by atoms with Crippen molar-refractivity contribution < 1.29 is 9.53 Å². The summed E-state index contributed by atoms with van der Waals surface area (Å²) in [6.45, 7) is 5.88. The molecular weight excluding hydrogens is 348 g/mol. The van der Waals surface area contributed by atoms with E-state index in [0.717, 1.165) is 0 Å². The molecule has 3 heterocycles. The maximum absolute atomic E-state index is 12.1. The van der Waals surface area contributed by atoms with Crippen LogP contribution in [0.5, 0.6) is 11.5 Å². The molecule has 0 atom stereocenters. The van der Waals surface area contributed by atoms with Gasteiger partial charge in [-0.1, -0.05) is 20.8 Å². The number of pyridine rings is 2. The zero-order valence-corrected chi connectivity index (χ0v) is 15.5. The van der Waals surface area contributed by atoms with Crippen molar-refractivity contribution in [1.29, 1.82) is 0 Å². The molecule has 0 unspecified atom stereocenters. The number of hydrogen-bond acceptors (Lipinski definition) is 6. The van der Waals surface area contributed by atoms with Gasteiger partial charge in [-0.05, 0) is 18.2 Å². The lowest BCUT2D eigenvalue weighted by atomic mass is 9.96. The van der Waals surface area contributed by atoms with Crippen molar-refractivity contribution in [2.45, 2.75) is 26.2 Å². The number of carbonyl (C=O) groups is 1. The Labute approximate surface area is 155 Å². The van der Waals surface area contributed by atoms with Crippen LogP contribution in [0.15, 0.2) is 41.5 Å². The van der Waals surface area contributed by atoms with Crippen LogP contribution in [-0.4, -0.2) is 37.7 Å². The number of aromatic nitrogens is 5. The van der Waals surface area contributed by atoms with E-state index in [-0.39, 0.29) is 22.7 Å². The molecule has 0 saturated heterocycles. The van der Waals surface area contributed by atoms with Crippen LogP contribution in [0.1, 0.15) is 37.1 Å². The van der Waals surface area contributed by atoms with Gasteiger partial charge >= 0.3 is 5.69 Å². The molecule has 2 N–H and O–H groups in total. The summed E-state index contributed by atoms with van der Waals surface area (Å²) in [5, 5.41) is 6.80. The summed E-state index contributed by atoms with van der Waals surface area (Å²) in [5.74, 6) is 1.55. The van der Waals surface area contributed by atoms with E-state index >= 15 is 0 Å². The average Bonchev–Trinajstić information content (AvgIpc) is 3.04. The predicted molar refractivity (Wildman–Crippen MR) is 98.4 cm³/mol. The Hall–Kier alpha value is -3.49. The Morgan fingerprint density at radius 3 is 2.56 bits per heavy atom. The molecule has 0 saturated carbocycles. The minimum absolute atomic E-state index is 0.248. The minimum Gasteiger partial charge on any atom is -0.456 e. The quantitative estimate of drug-likeness (QED) is 0.726. The Bertz CT molecular complexity index is 1010. The van der Waals surface area contributed by atoms with E-state index in [1.165, 1.54) is 30.2 Å². The summed E-state index contributed by atoms with van der Waals surface area (Å²) in [4.78, 5) is 34.7. The molecule has 0 aliphatic carbocycles. The summed E-state index contributed by atoms with van der Waals surface area (Å²) in [7, 11) is 1.53. The first-order valence-electron chi connectivity index (χ1n) is 8.30. The smallest absolute Gasteiger partial charge is 0.349 e. The van der Waals surface area contributed by atoms with Gasteiger partial charge in [0.05, 0.1) is 6.20 Å². The molecular formula is C18H20N6O3. The molecule has 0 aliphatic rings. The Balaban J connectivity index is 1.82. The molecule has 140 valence electrons. The van der Waals surface area contributed by atoms with Crippen LogP contribution < -0.4 is 15.7 Å². The fraction of sp³-hybridized carbons (Fsp3) is 0.278. The van der Waals surface area contributed by atoms with Gasteiger partial charge < -0.3 is 10.1 Å². The van der Waals surface area contributed by atoms with Crippen molar-refractivity contribution in [1.82, 2.24) is 30.0 Å². The van der Waals surface area contributed by atoms with Gasteiger partial charge in [0, 0.05) is 24.7 Å². The molecule has 0 radical (unpaired) electrons. The average molecular weight is 368 g/mol. The van der Waals surface area contributed by atoms with Gasteiger partial charge in [0.15, 0.2) is 5.82 Å². The van der Waals surface area contributed by atoms with Crippen LogP contribution in [0.3, 0.4) is 0 Å². The molecule has 1 amide bonds. The second-order valence-corrected chi connectivity index (χ2v) is 6.85. The number of carbonyl (C=O) groups excluding carboxylic acids is 1. The molecule has 3 aromatic heterocycles. The summed E-state index contributed by atoms with van der Waals surface area (Å²) >= 11 is 0. The molecule has 0 spiro atoms. The van der Waals surface area contributed by atoms with Crippen molar-refractivity contribution >= 4 is 5.91 Å². The highest BCUT2D eigenvalue weighted by Gasteiger charge is 2.20. The number of H-pyrrole nitrogens is 1. The van der Waals surface area contributed by atoms with Crippen LogP contribution in [0.25, 0.3) is 5.82 Å². The maximum atomic E-state index is 12.1. The second kappa shape index (κ2) is 7.02. The number of nitrogens with one attached hydrogen (secondary N) is 2. The fourth-order valence-electron chi connectivity index (χ4n) is 2.24. The van der Waals surface area contributed by atoms with Crippen molar-refractivity contribution in [2.75, 3.05) is 7.05 Å². The number of nitrogens with zero attached hydrogens (tertiary/aromatic N) is 4. The van der Waals surface area contributed by atoms with Gasteiger partial charge in [-0.15, -0.1) is 5.10 Å². The third kappa shape index (κ3) is 4.02. The molecule has 3 rings (SSSR count). The summed E-state index contributed by atoms with van der Waals surface area (Å²) in [5.41, 5.74) is -0.389. The van der Waals surface area contributed by atoms with E-state index in [2.05, 4.69) is 25.4 Å². The van der Waals surface area contributed by atoms with E-state index in [4.69, 9.17) is 4.74 Å². The molecule has 0 aromatic carbocycles. The van der Waals surface area contributed by atoms with Gasteiger partial charge in [-0.25, -0.2) is 9.78 Å². The van der Waals surface area contributed by atoms with Gasteiger partial charge in [0.2, 0.25) is 0 Å². The molecule has 27 heavy (non-hydrogen) atoms. The lowest BCUT2D eigenvalue weighted by Crippen LogP contribution is -2.19. The molecule has 9 nitrogen and oxygen atoms in total. The van der Waals surface area contributed by atoms with E-state index < -0.39 is 0 Å². The standard InChI is InChI=1S/C18H20N6O3/c1-18(2,3)16-22-17(26)24(23-16)14-6-5-12(10-21-14)27-11-7-8-20-13(9-11)15(25)19-4/h5-10H,1-4H3,(H,19,25)(H,22,23,26). The van der Waals surface area contributed by atoms with E-state index in [1.807, 2.05) is 20.8 Å². The zero-order valence-electron chi connectivity index (χ0n) is 15.5. The van der Waals surface area contributed by atoms with Gasteiger partial charge in [0.25, 0.3) is 5.91 Å². The van der Waals surface area contributed by atoms with Crippen LogP contribution in [0.2, 0.25) is 0 Å². The Kier molecular flexibility index (Phi) is 4.76. The van der Waals surface area contributed by atoms with Gasteiger partial charge in [0.1, 0.15) is 23.0 Å². The maximum Gasteiger partial charge on any atom is 0.349 e. The number of hydrogen-bond donors (Lipinski definition) is 2. The minimum atomic E-state index is -0.356. The molecule has 0 fully saturated rings. The van der Waals surface area contributed by atoms with Crippen molar-refractivity contribution in [3.05, 3.63) is 58.7 Å². The van der Waals surface area contributed by atoms with E-state index in [0.29, 0.717) is 23.1 Å².